The molecule has 0 amide bonds. The minimum atomic E-state index is 1.21. The number of rotatable bonds is 2. The predicted octanol–water partition coefficient (Wildman–Crippen LogP) is 3.14. The van der Waals surface area contributed by atoms with Gasteiger partial charge in [0.15, 0.2) is 0 Å². The number of allylic oxidation sites excluding steroid dienone is 2. The second-order valence-electron chi connectivity index (χ2n) is 2.27. The fraction of sp³-hybridized carbons (Fsp3) is 0.750. The Labute approximate surface area is 52.6 Å². The van der Waals surface area contributed by atoms with E-state index in [9.17, 15) is 0 Å². The molecule has 0 radical (unpaired) electrons. The summed E-state index contributed by atoms with van der Waals surface area (Å²) in [4.78, 5) is 0. The Kier molecular flexibility index (Phi) is 3.59. The van der Waals surface area contributed by atoms with Gasteiger partial charge in [-0.15, -0.1) is 0 Å². The molecule has 0 aromatic rings. The van der Waals surface area contributed by atoms with Gasteiger partial charge < -0.3 is 0 Å². The first-order valence-corrected chi connectivity index (χ1v) is 3.37. The molecule has 0 heterocycles. The summed E-state index contributed by atoms with van der Waals surface area (Å²) in [5.74, 6) is 0. The number of hydrogen-bond acceptors (Lipinski definition) is 0. The van der Waals surface area contributed by atoms with Gasteiger partial charge >= 0.3 is 0 Å². The van der Waals surface area contributed by atoms with Crippen LogP contribution in [0.5, 0.6) is 0 Å². The summed E-state index contributed by atoms with van der Waals surface area (Å²) in [7, 11) is 0. The maximum absolute atomic E-state index is 2.21. The van der Waals surface area contributed by atoms with Crippen molar-refractivity contribution in [1.29, 1.82) is 0 Å². The average Bonchev–Trinajstić information content (AvgIpc) is 1.84. The fourth-order valence-electron chi connectivity index (χ4n) is 0.604. The predicted molar refractivity (Wildman–Crippen MR) is 39.0 cm³/mol. The quantitative estimate of drug-likeness (QED) is 0.481. The minimum Gasteiger partial charge on any atom is -0.0747 e. The molecule has 0 rings (SSSR count). The maximum Gasteiger partial charge on any atom is -0.0349 e. The first-order valence-electron chi connectivity index (χ1n) is 3.37. The van der Waals surface area contributed by atoms with Crippen LogP contribution in [0.25, 0.3) is 0 Å². The van der Waals surface area contributed by atoms with E-state index in [0.717, 1.165) is 0 Å². The topological polar surface area (TPSA) is 0 Å². The lowest BCUT2D eigenvalue weighted by Gasteiger charge is -1.99. The van der Waals surface area contributed by atoms with E-state index in [1.807, 2.05) is 0 Å². The third-order valence-corrected chi connectivity index (χ3v) is 1.79. The molecule has 0 atom stereocenters. The van der Waals surface area contributed by atoms with E-state index >= 15 is 0 Å². The van der Waals surface area contributed by atoms with Gasteiger partial charge in [-0.1, -0.05) is 25.0 Å². The van der Waals surface area contributed by atoms with E-state index in [4.69, 9.17) is 0 Å². The van der Waals surface area contributed by atoms with Crippen LogP contribution in [-0.4, -0.2) is 0 Å². The van der Waals surface area contributed by atoms with Gasteiger partial charge in [0.05, 0.1) is 0 Å². The van der Waals surface area contributed by atoms with Crippen molar-refractivity contribution in [2.75, 3.05) is 0 Å². The van der Waals surface area contributed by atoms with Crippen molar-refractivity contribution in [1.82, 2.24) is 0 Å². The van der Waals surface area contributed by atoms with Crippen LogP contribution < -0.4 is 0 Å². The van der Waals surface area contributed by atoms with Crippen LogP contribution in [0, 0.1) is 0 Å². The van der Waals surface area contributed by atoms with Crippen LogP contribution in [0.4, 0.5) is 0 Å². The normalized spacial score (nSPS) is 13.5. The molecule has 48 valence electrons. The Morgan fingerprint density at radius 1 is 0.875 bits per heavy atom. The van der Waals surface area contributed by atoms with Crippen molar-refractivity contribution < 1.29 is 0 Å². The van der Waals surface area contributed by atoms with E-state index < -0.39 is 0 Å². The second kappa shape index (κ2) is 3.71. The first kappa shape index (κ1) is 7.74. The minimum absolute atomic E-state index is 1.21. The Balaban J connectivity index is 3.83. The highest BCUT2D eigenvalue weighted by atomic mass is 13.9. The molecule has 0 aromatic heterocycles. The molecule has 0 spiro atoms. The summed E-state index contributed by atoms with van der Waals surface area (Å²) < 4.78 is 0. The molecule has 0 heteroatoms. The summed E-state index contributed by atoms with van der Waals surface area (Å²) in [5.41, 5.74) is 3.10. The maximum atomic E-state index is 2.21. The zero-order chi connectivity index (χ0) is 6.57. The van der Waals surface area contributed by atoms with Gasteiger partial charge in [-0.2, -0.15) is 0 Å². The molecule has 0 aliphatic carbocycles. The smallest absolute Gasteiger partial charge is 0.0349 e. The Bertz CT molecular complexity index is 76.2. The van der Waals surface area contributed by atoms with Crippen LogP contribution >= 0.6 is 0 Å². The van der Waals surface area contributed by atoms with Crippen LogP contribution in [-0.2, 0) is 0 Å². The van der Waals surface area contributed by atoms with E-state index in [0.29, 0.717) is 0 Å². The highest BCUT2D eigenvalue weighted by Crippen LogP contribution is 2.09. The molecule has 0 fully saturated rings. The van der Waals surface area contributed by atoms with Gasteiger partial charge in [-0.25, -0.2) is 0 Å². The summed E-state index contributed by atoms with van der Waals surface area (Å²) in [6.45, 7) is 8.82. The Morgan fingerprint density at radius 2 is 1.12 bits per heavy atom. The van der Waals surface area contributed by atoms with Crippen molar-refractivity contribution in [3.63, 3.8) is 0 Å². The van der Waals surface area contributed by atoms with Crippen LogP contribution in [0.15, 0.2) is 11.1 Å². The molecule has 0 saturated heterocycles. The lowest BCUT2D eigenvalue weighted by Crippen LogP contribution is -1.78. The number of hydrogen-bond donors (Lipinski definition) is 0. The van der Waals surface area contributed by atoms with E-state index in [-0.39, 0.29) is 0 Å². The lowest BCUT2D eigenvalue weighted by atomic mass is 10.1. The van der Waals surface area contributed by atoms with Gasteiger partial charge in [-0.3, -0.25) is 0 Å². The van der Waals surface area contributed by atoms with E-state index in [2.05, 4.69) is 27.7 Å². The fourth-order valence-corrected chi connectivity index (χ4v) is 0.604. The summed E-state index contributed by atoms with van der Waals surface area (Å²) in [6.07, 6.45) is 2.42. The van der Waals surface area contributed by atoms with Crippen molar-refractivity contribution in [2.24, 2.45) is 0 Å². The zero-order valence-electron chi connectivity index (χ0n) is 6.41. The van der Waals surface area contributed by atoms with Crippen molar-refractivity contribution in [3.05, 3.63) is 11.1 Å². The molecule has 0 bridgehead atoms. The molecular weight excluding hydrogens is 96.1 g/mol. The van der Waals surface area contributed by atoms with Crippen LogP contribution in [0.1, 0.15) is 40.5 Å². The third-order valence-electron chi connectivity index (χ3n) is 1.79. The standard InChI is InChI=1S/C8H16/c1-5-7(3)8(4)6-2/h5-6H2,1-4H3/b8-7+. The van der Waals surface area contributed by atoms with Crippen LogP contribution in [0.2, 0.25) is 0 Å². The SMILES string of the molecule is CC/C(C)=C(\C)CC. The van der Waals surface area contributed by atoms with Gasteiger partial charge in [0.25, 0.3) is 0 Å². The summed E-state index contributed by atoms with van der Waals surface area (Å²) >= 11 is 0. The second-order valence-corrected chi connectivity index (χ2v) is 2.27. The highest BCUT2D eigenvalue weighted by molar-refractivity contribution is 5.07. The monoisotopic (exact) mass is 112 g/mol. The largest absolute Gasteiger partial charge is 0.0747 e. The van der Waals surface area contributed by atoms with Gasteiger partial charge in [0.1, 0.15) is 0 Å². The molecule has 0 nitrogen and oxygen atoms in total. The van der Waals surface area contributed by atoms with Gasteiger partial charge in [0.2, 0.25) is 0 Å². The molecule has 0 aliphatic rings. The first-order chi connectivity index (χ1) is 3.72. The van der Waals surface area contributed by atoms with Crippen LogP contribution in [0.3, 0.4) is 0 Å². The highest BCUT2D eigenvalue weighted by Gasteiger charge is 1.88. The summed E-state index contributed by atoms with van der Waals surface area (Å²) in [6, 6.07) is 0. The van der Waals surface area contributed by atoms with Crippen molar-refractivity contribution >= 4 is 0 Å². The molecule has 0 aromatic carbocycles. The molecule has 8 heavy (non-hydrogen) atoms. The molecule has 0 N–H and O–H groups in total. The van der Waals surface area contributed by atoms with E-state index in [1.54, 1.807) is 11.1 Å². The molecular formula is C8H16. The van der Waals surface area contributed by atoms with Crippen molar-refractivity contribution in [2.45, 2.75) is 40.5 Å². The van der Waals surface area contributed by atoms with E-state index in [1.165, 1.54) is 12.8 Å². The third kappa shape index (κ3) is 2.15. The lowest BCUT2D eigenvalue weighted by molar-refractivity contribution is 0.985. The zero-order valence-corrected chi connectivity index (χ0v) is 6.41. The summed E-state index contributed by atoms with van der Waals surface area (Å²) in [5, 5.41) is 0. The molecule has 0 aliphatic heterocycles. The molecule has 0 unspecified atom stereocenters. The van der Waals surface area contributed by atoms with Gasteiger partial charge in [-0.05, 0) is 26.7 Å². The molecule has 0 saturated carbocycles. The van der Waals surface area contributed by atoms with Gasteiger partial charge in [0, 0.05) is 0 Å². The van der Waals surface area contributed by atoms with Crippen molar-refractivity contribution in [3.8, 4) is 0 Å². The Hall–Kier alpha value is -0.260. The Morgan fingerprint density at radius 3 is 1.25 bits per heavy atom. The average molecular weight is 112 g/mol.